The van der Waals surface area contributed by atoms with Gasteiger partial charge in [-0.05, 0) is 104 Å². The molecule has 2 N–H and O–H groups in total. The van der Waals surface area contributed by atoms with Crippen LogP contribution in [0.25, 0.3) is 0 Å². The molecule has 0 radical (unpaired) electrons. The summed E-state index contributed by atoms with van der Waals surface area (Å²) in [5.41, 5.74) is 0.894. The van der Waals surface area contributed by atoms with Gasteiger partial charge in [-0.3, -0.25) is 0 Å². The number of rotatable bonds is 4. The number of phenols is 1. The number of amides is 1. The van der Waals surface area contributed by atoms with Crippen LogP contribution in [0.4, 0.5) is 4.79 Å². The smallest absolute Gasteiger partial charge is 0.415 e. The zero-order valence-corrected chi connectivity index (χ0v) is 18.9. The molecule has 130 valence electrons. The number of hydrogen-bond donors (Lipinski definition) is 2. The summed E-state index contributed by atoms with van der Waals surface area (Å²) in [6.45, 7) is 0. The van der Waals surface area contributed by atoms with Crippen molar-refractivity contribution in [1.29, 1.82) is 0 Å². The molecule has 3 rings (SSSR count). The molecule has 9 heteroatoms. The van der Waals surface area contributed by atoms with Gasteiger partial charge < -0.3 is 19.9 Å². The van der Waals surface area contributed by atoms with Gasteiger partial charge in [-0.25, -0.2) is 9.59 Å². The number of carbonyl (C=O) groups is 2. The highest BCUT2D eigenvalue weighted by molar-refractivity contribution is 14.1. The van der Waals surface area contributed by atoms with Gasteiger partial charge in [-0.2, -0.15) is 0 Å². The lowest BCUT2D eigenvalue weighted by Gasteiger charge is -2.13. The molecule has 2 aromatic rings. The Hall–Kier alpha value is -0.830. The standard InChI is InChI=1S/C16H10I3NO5/c17-9-6-8(1-2-13(9)21)24-14-10(18)3-7(4-11(14)19)5-12-15(22)25-16(23)20-12/h1-4,6,12,21H,5H2,(H,20,23)/t12-/m0/s1. The Balaban J connectivity index is 1.81. The van der Waals surface area contributed by atoms with E-state index in [0.717, 1.165) is 12.7 Å². The molecule has 0 aromatic heterocycles. The van der Waals surface area contributed by atoms with E-state index < -0.39 is 18.1 Å². The lowest BCUT2D eigenvalue weighted by molar-refractivity contribution is -0.135. The molecule has 1 saturated heterocycles. The van der Waals surface area contributed by atoms with Crippen LogP contribution in [0, 0.1) is 10.7 Å². The van der Waals surface area contributed by atoms with Crippen LogP contribution in [0.1, 0.15) is 5.56 Å². The number of ether oxygens (including phenoxy) is 2. The molecule has 2 aromatic carbocycles. The van der Waals surface area contributed by atoms with E-state index in [2.05, 4.69) is 55.2 Å². The fraction of sp³-hybridized carbons (Fsp3) is 0.125. The fourth-order valence-electron chi connectivity index (χ4n) is 2.26. The van der Waals surface area contributed by atoms with Crippen LogP contribution in [-0.2, 0) is 16.0 Å². The average Bonchev–Trinajstić information content (AvgIpc) is 2.84. The Kier molecular flexibility index (Phi) is 5.92. The Bertz CT molecular complexity index is 848. The first-order valence-electron chi connectivity index (χ1n) is 7.00. The Morgan fingerprint density at radius 1 is 1.08 bits per heavy atom. The Morgan fingerprint density at radius 3 is 2.32 bits per heavy atom. The van der Waals surface area contributed by atoms with Crippen LogP contribution >= 0.6 is 67.8 Å². The largest absolute Gasteiger partial charge is 0.507 e. The van der Waals surface area contributed by atoms with Crippen LogP contribution in [-0.4, -0.2) is 23.2 Å². The number of nitrogens with one attached hydrogen (secondary N) is 1. The first kappa shape index (κ1) is 18.9. The summed E-state index contributed by atoms with van der Waals surface area (Å²) in [4.78, 5) is 22.7. The highest BCUT2D eigenvalue weighted by atomic mass is 127. The van der Waals surface area contributed by atoms with E-state index in [0.29, 0.717) is 21.5 Å². The number of alkyl carbamates (subject to hydrolysis) is 1. The average molecular weight is 677 g/mol. The third-order valence-corrected chi connectivity index (χ3v) is 5.87. The second kappa shape index (κ2) is 7.82. The van der Waals surface area contributed by atoms with Gasteiger partial charge in [-0.1, -0.05) is 0 Å². The summed E-state index contributed by atoms with van der Waals surface area (Å²) in [7, 11) is 0. The van der Waals surface area contributed by atoms with Gasteiger partial charge in [0.05, 0.1) is 10.7 Å². The van der Waals surface area contributed by atoms with E-state index in [1.807, 2.05) is 34.7 Å². The maximum Gasteiger partial charge on any atom is 0.415 e. The van der Waals surface area contributed by atoms with Gasteiger partial charge >= 0.3 is 12.1 Å². The van der Waals surface area contributed by atoms with Crippen LogP contribution in [0.3, 0.4) is 0 Å². The van der Waals surface area contributed by atoms with Gasteiger partial charge in [0.2, 0.25) is 0 Å². The van der Waals surface area contributed by atoms with Gasteiger partial charge in [0.15, 0.2) is 5.75 Å². The highest BCUT2D eigenvalue weighted by Gasteiger charge is 2.32. The van der Waals surface area contributed by atoms with Crippen LogP contribution in [0.5, 0.6) is 17.2 Å². The fourth-order valence-corrected chi connectivity index (χ4v) is 4.86. The number of carbonyl (C=O) groups excluding carboxylic acids is 2. The van der Waals surface area contributed by atoms with Gasteiger partial charge in [0.25, 0.3) is 0 Å². The first-order valence-corrected chi connectivity index (χ1v) is 10.2. The number of halogens is 3. The summed E-state index contributed by atoms with van der Waals surface area (Å²) >= 11 is 6.36. The molecule has 6 nitrogen and oxygen atoms in total. The summed E-state index contributed by atoms with van der Waals surface area (Å²) in [6, 6.07) is 8.17. The number of benzene rings is 2. The molecule has 0 aliphatic carbocycles. The van der Waals surface area contributed by atoms with Crippen molar-refractivity contribution in [2.75, 3.05) is 0 Å². The molecule has 0 saturated carbocycles. The number of hydrogen-bond acceptors (Lipinski definition) is 5. The second-order valence-electron chi connectivity index (χ2n) is 5.21. The number of cyclic esters (lactones) is 2. The van der Waals surface area contributed by atoms with Crippen molar-refractivity contribution in [3.63, 3.8) is 0 Å². The number of esters is 1. The quantitative estimate of drug-likeness (QED) is 0.289. The topological polar surface area (TPSA) is 84.9 Å². The maximum atomic E-state index is 11.6. The van der Waals surface area contributed by atoms with E-state index in [9.17, 15) is 14.7 Å². The van der Waals surface area contributed by atoms with Gasteiger partial charge in [-0.15, -0.1) is 0 Å². The Morgan fingerprint density at radius 2 is 1.76 bits per heavy atom. The minimum absolute atomic E-state index is 0.207. The molecule has 1 amide bonds. The second-order valence-corrected chi connectivity index (χ2v) is 8.70. The van der Waals surface area contributed by atoms with Crippen molar-refractivity contribution in [1.82, 2.24) is 5.32 Å². The third kappa shape index (κ3) is 4.48. The van der Waals surface area contributed by atoms with Crippen LogP contribution in [0.2, 0.25) is 0 Å². The van der Waals surface area contributed by atoms with E-state index >= 15 is 0 Å². The van der Waals surface area contributed by atoms with Crippen molar-refractivity contribution in [3.05, 3.63) is 46.6 Å². The normalized spacial score (nSPS) is 16.5. The molecule has 0 unspecified atom stereocenters. The monoisotopic (exact) mass is 677 g/mol. The minimum Gasteiger partial charge on any atom is -0.507 e. The van der Waals surface area contributed by atoms with E-state index in [1.165, 1.54) is 0 Å². The van der Waals surface area contributed by atoms with Crippen molar-refractivity contribution >= 4 is 79.8 Å². The lowest BCUT2D eigenvalue weighted by Crippen LogP contribution is -2.30. The van der Waals surface area contributed by atoms with Crippen LogP contribution in [0.15, 0.2) is 30.3 Å². The zero-order valence-electron chi connectivity index (χ0n) is 12.4. The van der Waals surface area contributed by atoms with Crippen LogP contribution < -0.4 is 10.1 Å². The number of phenolic OH excluding ortho intramolecular Hbond substituents is 1. The molecular weight excluding hydrogens is 667 g/mol. The van der Waals surface area contributed by atoms with Crippen molar-refractivity contribution in [2.45, 2.75) is 12.5 Å². The SMILES string of the molecule is O=C1N[C@@H](Cc2cc(I)c(Oc3ccc(O)c(I)c3)c(I)c2)C(=O)O1. The molecular formula is C16H10I3NO5. The molecule has 1 fully saturated rings. The predicted molar refractivity (Wildman–Crippen MR) is 115 cm³/mol. The molecule has 1 heterocycles. The molecule has 25 heavy (non-hydrogen) atoms. The van der Waals surface area contributed by atoms with E-state index in [4.69, 9.17) is 4.74 Å². The summed E-state index contributed by atoms with van der Waals surface area (Å²) in [5, 5.41) is 12.1. The zero-order chi connectivity index (χ0) is 18.1. The summed E-state index contributed by atoms with van der Waals surface area (Å²) < 4.78 is 12.9. The van der Waals surface area contributed by atoms with Gasteiger partial charge in [0, 0.05) is 6.42 Å². The molecule has 1 atom stereocenters. The van der Waals surface area contributed by atoms with E-state index in [1.54, 1.807) is 18.2 Å². The Labute approximate surface area is 184 Å². The van der Waals surface area contributed by atoms with Crippen molar-refractivity contribution < 1.29 is 24.2 Å². The minimum atomic E-state index is -0.707. The summed E-state index contributed by atoms with van der Waals surface area (Å²) in [6.07, 6.45) is -0.352. The maximum absolute atomic E-state index is 11.6. The molecule has 1 aliphatic heterocycles. The predicted octanol–water partition coefficient (Wildman–Crippen LogP) is 4.18. The van der Waals surface area contributed by atoms with Crippen molar-refractivity contribution in [2.24, 2.45) is 0 Å². The summed E-state index contributed by atoms with van der Waals surface area (Å²) in [5.74, 6) is 0.967. The van der Waals surface area contributed by atoms with Gasteiger partial charge in [0.1, 0.15) is 17.5 Å². The highest BCUT2D eigenvalue weighted by Crippen LogP contribution is 2.35. The molecule has 0 spiro atoms. The third-order valence-electron chi connectivity index (χ3n) is 3.41. The van der Waals surface area contributed by atoms with E-state index in [-0.39, 0.29) is 5.75 Å². The first-order chi connectivity index (χ1) is 11.8. The number of aromatic hydroxyl groups is 1. The van der Waals surface area contributed by atoms with Crippen molar-refractivity contribution in [3.8, 4) is 17.2 Å². The molecule has 1 aliphatic rings. The lowest BCUT2D eigenvalue weighted by atomic mass is 10.1. The molecule has 0 bridgehead atoms.